The fourth-order valence-corrected chi connectivity index (χ4v) is 5.52. The second kappa shape index (κ2) is 8.39. The number of rotatable bonds is 6. The molecule has 2 aliphatic rings. The van der Waals surface area contributed by atoms with Crippen LogP contribution in [0.15, 0.2) is 34.3 Å². The van der Waals surface area contributed by atoms with E-state index in [-0.39, 0.29) is 43.9 Å². The number of benzene rings is 1. The Bertz CT molecular complexity index is 1060. The summed E-state index contributed by atoms with van der Waals surface area (Å²) < 4.78 is 67.1. The quantitative estimate of drug-likeness (QED) is 0.585. The van der Waals surface area contributed by atoms with Crippen LogP contribution in [0.3, 0.4) is 0 Å². The van der Waals surface area contributed by atoms with Gasteiger partial charge in [-0.15, -0.1) is 5.10 Å². The Morgan fingerprint density at radius 3 is 2.52 bits per heavy atom. The number of halogens is 3. The predicted octanol–water partition coefficient (Wildman–Crippen LogP) is 1.65. The highest BCUT2D eigenvalue weighted by molar-refractivity contribution is 7.99. The lowest BCUT2D eigenvalue weighted by atomic mass is 10.2. The summed E-state index contributed by atoms with van der Waals surface area (Å²) in [6.07, 6.45) is -2.61. The summed E-state index contributed by atoms with van der Waals surface area (Å²) in [5.74, 6) is -0.0560. The number of piperazine rings is 1. The summed E-state index contributed by atoms with van der Waals surface area (Å²) in [6.45, 7) is 0.333. The zero-order chi connectivity index (χ0) is 22.2. The number of hydrogen-bond acceptors (Lipinski definition) is 7. The van der Waals surface area contributed by atoms with Gasteiger partial charge in [0.05, 0.1) is 22.3 Å². The summed E-state index contributed by atoms with van der Waals surface area (Å²) in [4.78, 5) is 13.6. The van der Waals surface area contributed by atoms with Gasteiger partial charge < -0.3 is 4.90 Å². The van der Waals surface area contributed by atoms with Gasteiger partial charge in [0, 0.05) is 26.2 Å². The molecule has 1 saturated carbocycles. The van der Waals surface area contributed by atoms with Gasteiger partial charge in [-0.2, -0.15) is 17.5 Å². The third kappa shape index (κ3) is 4.85. The number of carbonyl (C=O) groups excluding carboxylic acids is 1. The minimum atomic E-state index is -4.63. The van der Waals surface area contributed by atoms with Crippen molar-refractivity contribution in [3.05, 3.63) is 29.8 Å². The molecule has 0 N–H and O–H groups in total. The van der Waals surface area contributed by atoms with Crippen LogP contribution in [0.25, 0.3) is 0 Å². The molecule has 4 rings (SSSR count). The predicted molar refractivity (Wildman–Crippen MR) is 104 cm³/mol. The highest BCUT2D eigenvalue weighted by atomic mass is 32.2. The number of aromatic nitrogens is 4. The first kappa shape index (κ1) is 22.0. The number of hydrogen-bond donors (Lipinski definition) is 0. The van der Waals surface area contributed by atoms with E-state index in [1.54, 1.807) is 4.68 Å². The molecule has 1 amide bonds. The Kier molecular flexibility index (Phi) is 5.96. The average molecular weight is 477 g/mol. The van der Waals surface area contributed by atoms with Crippen LogP contribution in [0, 0.1) is 0 Å². The number of tetrazole rings is 1. The molecule has 14 heteroatoms. The van der Waals surface area contributed by atoms with Crippen molar-refractivity contribution < 1.29 is 26.4 Å². The Morgan fingerprint density at radius 2 is 1.87 bits per heavy atom. The first-order valence-electron chi connectivity index (χ1n) is 9.52. The van der Waals surface area contributed by atoms with Crippen molar-refractivity contribution in [3.63, 3.8) is 0 Å². The molecule has 1 aliphatic heterocycles. The molecule has 1 aliphatic carbocycles. The van der Waals surface area contributed by atoms with Crippen molar-refractivity contribution in [2.45, 2.75) is 35.1 Å². The van der Waals surface area contributed by atoms with Crippen LogP contribution >= 0.6 is 11.8 Å². The van der Waals surface area contributed by atoms with Crippen LogP contribution in [0.1, 0.15) is 24.4 Å². The lowest BCUT2D eigenvalue weighted by Crippen LogP contribution is -2.51. The molecule has 0 bridgehead atoms. The molecule has 1 saturated heterocycles. The van der Waals surface area contributed by atoms with Crippen LogP contribution in [-0.4, -0.2) is 75.7 Å². The number of sulfonamides is 1. The van der Waals surface area contributed by atoms with Crippen molar-refractivity contribution in [1.82, 2.24) is 29.4 Å². The van der Waals surface area contributed by atoms with Gasteiger partial charge in [0.1, 0.15) is 0 Å². The van der Waals surface area contributed by atoms with Crippen LogP contribution < -0.4 is 0 Å². The Morgan fingerprint density at radius 1 is 1.16 bits per heavy atom. The normalized spacial score (nSPS) is 18.4. The van der Waals surface area contributed by atoms with Gasteiger partial charge in [-0.25, -0.2) is 13.1 Å². The summed E-state index contributed by atoms with van der Waals surface area (Å²) in [5.41, 5.74) is -1.02. The van der Waals surface area contributed by atoms with Crippen molar-refractivity contribution in [3.8, 4) is 0 Å². The van der Waals surface area contributed by atoms with Gasteiger partial charge in [-0.3, -0.25) is 4.79 Å². The second-order valence-corrected chi connectivity index (χ2v) is 10.1. The van der Waals surface area contributed by atoms with Gasteiger partial charge in [-0.05, 0) is 41.5 Å². The number of carbonyl (C=O) groups is 1. The van der Waals surface area contributed by atoms with E-state index < -0.39 is 26.7 Å². The first-order chi connectivity index (χ1) is 14.7. The SMILES string of the molecule is O=C(CSc1nnnn1C1CC1)N1CCN(S(=O)(=O)c2cccc(C(F)(F)F)c2)CC1. The van der Waals surface area contributed by atoms with Gasteiger partial charge in [-0.1, -0.05) is 17.8 Å². The summed E-state index contributed by atoms with van der Waals surface area (Å²) in [5, 5.41) is 12.1. The van der Waals surface area contributed by atoms with Gasteiger partial charge in [0.15, 0.2) is 0 Å². The molecular formula is C17H19F3N6O3S2. The summed E-state index contributed by atoms with van der Waals surface area (Å²) in [6, 6.07) is 3.96. The zero-order valence-electron chi connectivity index (χ0n) is 16.2. The number of thioether (sulfide) groups is 1. The topological polar surface area (TPSA) is 101 Å². The second-order valence-electron chi connectivity index (χ2n) is 7.24. The minimum absolute atomic E-state index is 0.00873. The van der Waals surface area contributed by atoms with E-state index in [0.29, 0.717) is 11.2 Å². The van der Waals surface area contributed by atoms with Crippen LogP contribution in [0.2, 0.25) is 0 Å². The Balaban J connectivity index is 1.34. The molecule has 0 radical (unpaired) electrons. The van der Waals surface area contributed by atoms with E-state index in [9.17, 15) is 26.4 Å². The van der Waals surface area contributed by atoms with E-state index >= 15 is 0 Å². The maximum Gasteiger partial charge on any atom is 0.416 e. The van der Waals surface area contributed by atoms with Gasteiger partial charge in [0.2, 0.25) is 21.1 Å². The van der Waals surface area contributed by atoms with E-state index in [2.05, 4.69) is 15.5 Å². The van der Waals surface area contributed by atoms with Gasteiger partial charge >= 0.3 is 6.18 Å². The van der Waals surface area contributed by atoms with E-state index in [4.69, 9.17) is 0 Å². The van der Waals surface area contributed by atoms with E-state index in [1.807, 2.05) is 0 Å². The molecule has 2 heterocycles. The molecule has 0 atom stereocenters. The standard InChI is InChI=1S/C17H19F3N6O3S2/c18-17(19,20)12-2-1-3-14(10-12)31(28,29)25-8-6-24(7-9-25)15(27)11-30-16-21-22-23-26(16)13-4-5-13/h1-3,10,13H,4-9,11H2. The number of alkyl halides is 3. The monoisotopic (exact) mass is 476 g/mol. The number of nitrogens with zero attached hydrogens (tertiary/aromatic N) is 6. The third-order valence-corrected chi connectivity index (χ3v) is 7.88. The number of amides is 1. The summed E-state index contributed by atoms with van der Waals surface area (Å²) >= 11 is 1.23. The minimum Gasteiger partial charge on any atom is -0.339 e. The maximum atomic E-state index is 12.9. The lowest BCUT2D eigenvalue weighted by Gasteiger charge is -2.34. The Hall–Kier alpha value is -2.19. The molecule has 9 nitrogen and oxygen atoms in total. The molecule has 2 fully saturated rings. The molecule has 1 aromatic carbocycles. The largest absolute Gasteiger partial charge is 0.416 e. The fraction of sp³-hybridized carbons (Fsp3) is 0.529. The molecule has 31 heavy (non-hydrogen) atoms. The average Bonchev–Trinajstić information content (AvgIpc) is 3.49. The van der Waals surface area contributed by atoms with Crippen molar-refractivity contribution in [2.75, 3.05) is 31.9 Å². The van der Waals surface area contributed by atoms with E-state index in [1.165, 1.54) is 16.7 Å². The van der Waals surface area contributed by atoms with Crippen LogP contribution in [0.5, 0.6) is 0 Å². The molecule has 0 unspecified atom stereocenters. The molecular weight excluding hydrogens is 457 g/mol. The highest BCUT2D eigenvalue weighted by Crippen LogP contribution is 2.36. The molecule has 1 aromatic heterocycles. The van der Waals surface area contributed by atoms with E-state index in [0.717, 1.165) is 35.3 Å². The maximum absolute atomic E-state index is 12.9. The molecule has 168 valence electrons. The fourth-order valence-electron chi connectivity index (χ4n) is 3.21. The van der Waals surface area contributed by atoms with Crippen LogP contribution in [-0.2, 0) is 21.0 Å². The highest BCUT2D eigenvalue weighted by Gasteiger charge is 2.34. The third-order valence-electron chi connectivity index (χ3n) is 5.07. The van der Waals surface area contributed by atoms with Crippen molar-refractivity contribution in [2.24, 2.45) is 0 Å². The van der Waals surface area contributed by atoms with Crippen LogP contribution in [0.4, 0.5) is 13.2 Å². The lowest BCUT2D eigenvalue weighted by molar-refractivity contribution is -0.137. The molecule has 2 aromatic rings. The molecule has 0 spiro atoms. The zero-order valence-corrected chi connectivity index (χ0v) is 17.8. The van der Waals surface area contributed by atoms with Gasteiger partial charge in [0.25, 0.3) is 0 Å². The first-order valence-corrected chi connectivity index (χ1v) is 11.9. The Labute approximate surface area is 180 Å². The smallest absolute Gasteiger partial charge is 0.339 e. The van der Waals surface area contributed by atoms with Crippen molar-refractivity contribution >= 4 is 27.7 Å². The van der Waals surface area contributed by atoms with Crippen molar-refractivity contribution in [1.29, 1.82) is 0 Å². The summed E-state index contributed by atoms with van der Waals surface area (Å²) in [7, 11) is -4.09.